The fourth-order valence-electron chi connectivity index (χ4n) is 2.78. The summed E-state index contributed by atoms with van der Waals surface area (Å²) in [4.78, 5) is 11.7. The summed E-state index contributed by atoms with van der Waals surface area (Å²) in [7, 11) is -3.76. The summed E-state index contributed by atoms with van der Waals surface area (Å²) in [5, 5.41) is 9.53. The molecule has 0 aromatic carbocycles. The van der Waals surface area contributed by atoms with Gasteiger partial charge in [0.15, 0.2) is 0 Å². The highest BCUT2D eigenvalue weighted by Crippen LogP contribution is 2.33. The smallest absolute Gasteiger partial charge is 0.324 e. The number of hydrogen-bond donors (Lipinski definition) is 2. The Morgan fingerprint density at radius 3 is 2.10 bits per heavy atom. The quantitative estimate of drug-likeness (QED) is 0.716. The van der Waals surface area contributed by atoms with Crippen LogP contribution in [0.5, 0.6) is 0 Å². The molecule has 0 saturated heterocycles. The summed E-state index contributed by atoms with van der Waals surface area (Å²) in [6, 6.07) is 0. The Balaban J connectivity index is 2.93. The first-order valence-corrected chi connectivity index (χ1v) is 9.24. The number of rotatable bonds is 8. The highest BCUT2D eigenvalue weighted by molar-refractivity contribution is 7.87. The number of carboxylic acids is 1. The number of hydrogen-bond acceptors (Lipinski definition) is 3. The van der Waals surface area contributed by atoms with Crippen LogP contribution in [0.4, 0.5) is 0 Å². The summed E-state index contributed by atoms with van der Waals surface area (Å²) in [6.45, 7) is 6.71. The predicted octanol–water partition coefficient (Wildman–Crippen LogP) is 1.98. The third kappa shape index (κ3) is 4.66. The molecule has 0 aliphatic heterocycles. The van der Waals surface area contributed by atoms with Gasteiger partial charge in [0.2, 0.25) is 0 Å². The van der Waals surface area contributed by atoms with Gasteiger partial charge in [-0.2, -0.15) is 17.4 Å². The Labute approximate surface area is 128 Å². The van der Waals surface area contributed by atoms with E-state index in [9.17, 15) is 18.3 Å². The molecule has 124 valence electrons. The van der Waals surface area contributed by atoms with E-state index in [-0.39, 0.29) is 0 Å². The molecule has 0 bridgehead atoms. The lowest BCUT2D eigenvalue weighted by atomic mass is 9.78. The van der Waals surface area contributed by atoms with Crippen molar-refractivity contribution in [2.24, 2.45) is 5.92 Å². The largest absolute Gasteiger partial charge is 0.480 e. The predicted molar refractivity (Wildman–Crippen MR) is 82.2 cm³/mol. The third-order valence-corrected chi connectivity index (χ3v) is 5.84. The van der Waals surface area contributed by atoms with Crippen LogP contribution in [0.3, 0.4) is 0 Å². The van der Waals surface area contributed by atoms with E-state index in [1.54, 1.807) is 0 Å². The Morgan fingerprint density at radius 1 is 1.24 bits per heavy atom. The average Bonchev–Trinajstić information content (AvgIpc) is 2.41. The number of carbonyl (C=O) groups is 1. The molecule has 0 aromatic rings. The van der Waals surface area contributed by atoms with Crippen molar-refractivity contribution in [2.45, 2.75) is 64.8 Å². The molecule has 6 nitrogen and oxygen atoms in total. The van der Waals surface area contributed by atoms with Crippen molar-refractivity contribution in [3.05, 3.63) is 0 Å². The SMILES string of the molecule is CCCN(CCC)S(=O)(=O)NC1(C(=O)O)CCC(C)CC1. The molecule has 0 aromatic heterocycles. The van der Waals surface area contributed by atoms with Crippen LogP contribution in [0.15, 0.2) is 0 Å². The van der Waals surface area contributed by atoms with Crippen molar-refractivity contribution in [1.82, 2.24) is 9.03 Å². The van der Waals surface area contributed by atoms with Gasteiger partial charge in [-0.1, -0.05) is 20.8 Å². The van der Waals surface area contributed by atoms with Gasteiger partial charge in [-0.3, -0.25) is 4.79 Å². The Morgan fingerprint density at radius 2 is 1.71 bits per heavy atom. The minimum Gasteiger partial charge on any atom is -0.480 e. The Hall–Kier alpha value is -0.660. The van der Waals surface area contributed by atoms with Crippen molar-refractivity contribution in [1.29, 1.82) is 0 Å². The molecule has 0 unspecified atom stereocenters. The fourth-order valence-corrected chi connectivity index (χ4v) is 4.54. The third-order valence-electron chi connectivity index (χ3n) is 4.15. The molecule has 21 heavy (non-hydrogen) atoms. The maximum absolute atomic E-state index is 12.5. The summed E-state index contributed by atoms with van der Waals surface area (Å²) < 4.78 is 28.9. The van der Waals surface area contributed by atoms with Gasteiger partial charge in [-0.25, -0.2) is 0 Å². The molecule has 2 N–H and O–H groups in total. The zero-order valence-corrected chi connectivity index (χ0v) is 14.1. The van der Waals surface area contributed by atoms with Crippen molar-refractivity contribution in [3.8, 4) is 0 Å². The Kier molecular flexibility index (Phi) is 6.62. The fraction of sp³-hybridized carbons (Fsp3) is 0.929. The molecule has 7 heteroatoms. The van der Waals surface area contributed by atoms with Gasteiger partial charge in [0, 0.05) is 13.1 Å². The first kappa shape index (κ1) is 18.4. The van der Waals surface area contributed by atoms with Crippen LogP contribution in [-0.4, -0.2) is 42.4 Å². The van der Waals surface area contributed by atoms with Crippen LogP contribution in [0.25, 0.3) is 0 Å². The number of nitrogens with zero attached hydrogens (tertiary/aromatic N) is 1. The zero-order chi connectivity index (χ0) is 16.1. The zero-order valence-electron chi connectivity index (χ0n) is 13.3. The molecular weight excluding hydrogens is 292 g/mol. The van der Waals surface area contributed by atoms with Crippen LogP contribution in [0.1, 0.15) is 59.3 Å². The molecular formula is C14H28N2O4S. The lowest BCUT2D eigenvalue weighted by Gasteiger charge is -2.37. The van der Waals surface area contributed by atoms with E-state index in [0.29, 0.717) is 44.7 Å². The summed E-state index contributed by atoms with van der Waals surface area (Å²) in [5.41, 5.74) is -1.34. The van der Waals surface area contributed by atoms with Crippen molar-refractivity contribution in [3.63, 3.8) is 0 Å². The average molecular weight is 320 g/mol. The normalized spacial score (nSPS) is 27.0. The van der Waals surface area contributed by atoms with Gasteiger partial charge in [0.25, 0.3) is 10.2 Å². The first-order valence-electron chi connectivity index (χ1n) is 7.80. The van der Waals surface area contributed by atoms with E-state index in [2.05, 4.69) is 11.6 Å². The van der Waals surface area contributed by atoms with Crippen LogP contribution in [0.2, 0.25) is 0 Å². The van der Waals surface area contributed by atoms with Gasteiger partial charge in [-0.15, -0.1) is 0 Å². The second-order valence-corrected chi connectivity index (χ2v) is 7.75. The lowest BCUT2D eigenvalue weighted by molar-refractivity contribution is -0.145. The van der Waals surface area contributed by atoms with Crippen LogP contribution >= 0.6 is 0 Å². The minimum atomic E-state index is -3.76. The van der Waals surface area contributed by atoms with Crippen LogP contribution in [-0.2, 0) is 15.0 Å². The number of carboxylic acid groups (broad SMARTS) is 1. The van der Waals surface area contributed by atoms with Gasteiger partial charge in [0.1, 0.15) is 5.54 Å². The highest BCUT2D eigenvalue weighted by Gasteiger charge is 2.45. The maximum atomic E-state index is 12.5. The molecule has 1 aliphatic rings. The summed E-state index contributed by atoms with van der Waals surface area (Å²) in [6.07, 6.45) is 3.59. The topological polar surface area (TPSA) is 86.7 Å². The summed E-state index contributed by atoms with van der Waals surface area (Å²) in [5.74, 6) is -0.615. The van der Waals surface area contributed by atoms with Gasteiger partial charge >= 0.3 is 5.97 Å². The second kappa shape index (κ2) is 7.56. The van der Waals surface area contributed by atoms with Crippen molar-refractivity contribution < 1.29 is 18.3 Å². The van der Waals surface area contributed by atoms with E-state index < -0.39 is 21.7 Å². The molecule has 0 heterocycles. The molecule has 1 saturated carbocycles. The first-order chi connectivity index (χ1) is 9.77. The minimum absolute atomic E-state index is 0.356. The molecule has 1 rings (SSSR count). The molecule has 0 amide bonds. The molecule has 1 aliphatic carbocycles. The van der Waals surface area contributed by atoms with E-state index in [0.717, 1.165) is 12.8 Å². The van der Waals surface area contributed by atoms with Gasteiger partial charge in [-0.05, 0) is 44.4 Å². The van der Waals surface area contributed by atoms with Crippen molar-refractivity contribution in [2.75, 3.05) is 13.1 Å². The second-order valence-electron chi connectivity index (χ2n) is 6.08. The van der Waals surface area contributed by atoms with Crippen molar-refractivity contribution >= 4 is 16.2 Å². The van der Waals surface area contributed by atoms with E-state index in [1.165, 1.54) is 4.31 Å². The molecule has 0 spiro atoms. The monoisotopic (exact) mass is 320 g/mol. The highest BCUT2D eigenvalue weighted by atomic mass is 32.2. The van der Waals surface area contributed by atoms with Crippen LogP contribution in [0, 0.1) is 5.92 Å². The van der Waals surface area contributed by atoms with Gasteiger partial charge < -0.3 is 5.11 Å². The number of aliphatic carboxylic acids is 1. The van der Waals surface area contributed by atoms with Gasteiger partial charge in [0.05, 0.1) is 0 Å². The standard InChI is InChI=1S/C14H28N2O4S/c1-4-10-16(11-5-2)21(19,20)15-14(13(17)18)8-6-12(3)7-9-14/h12,15H,4-11H2,1-3H3,(H,17,18). The van der Waals surface area contributed by atoms with E-state index in [4.69, 9.17) is 0 Å². The molecule has 1 fully saturated rings. The summed E-state index contributed by atoms with van der Waals surface area (Å²) >= 11 is 0. The molecule has 0 atom stereocenters. The maximum Gasteiger partial charge on any atom is 0.324 e. The lowest BCUT2D eigenvalue weighted by Crippen LogP contribution is -2.59. The van der Waals surface area contributed by atoms with E-state index >= 15 is 0 Å². The van der Waals surface area contributed by atoms with Crippen LogP contribution < -0.4 is 4.72 Å². The molecule has 0 radical (unpaired) electrons. The van der Waals surface area contributed by atoms with E-state index in [1.807, 2.05) is 13.8 Å². The number of nitrogens with one attached hydrogen (secondary N) is 1. The Bertz CT molecular complexity index is 436.